The van der Waals surface area contributed by atoms with Crippen LogP contribution in [0.2, 0.25) is 0 Å². The van der Waals surface area contributed by atoms with Gasteiger partial charge in [-0.25, -0.2) is 9.59 Å². The van der Waals surface area contributed by atoms with E-state index >= 15 is 0 Å². The number of carbonyl (C=O) groups excluding carboxylic acids is 1. The topological polar surface area (TPSA) is 112 Å². The largest absolute Gasteiger partial charge is 0.478 e. The fourth-order valence-corrected chi connectivity index (χ4v) is 1.77. The average molecular weight is 328 g/mol. The highest BCUT2D eigenvalue weighted by molar-refractivity contribution is 6.09. The first kappa shape index (κ1) is 18.8. The van der Waals surface area contributed by atoms with Crippen molar-refractivity contribution in [3.63, 3.8) is 0 Å². The number of hydrogen-bond donors (Lipinski definition) is 3. The van der Waals surface area contributed by atoms with Crippen molar-refractivity contribution in [1.29, 1.82) is 0 Å². The van der Waals surface area contributed by atoms with Crippen molar-refractivity contribution < 1.29 is 29.7 Å². The van der Waals surface area contributed by atoms with Gasteiger partial charge in [-0.05, 0) is 5.56 Å². The maximum atomic E-state index is 12.1. The number of aliphatic hydroxyl groups is 1. The van der Waals surface area contributed by atoms with Crippen molar-refractivity contribution in [3.05, 3.63) is 83.4 Å². The van der Waals surface area contributed by atoms with E-state index in [-0.39, 0.29) is 12.4 Å². The molecule has 2 aromatic rings. The number of carboxylic acid groups (broad SMARTS) is 2. The summed E-state index contributed by atoms with van der Waals surface area (Å²) in [5.74, 6) is -2.56. The Morgan fingerprint density at radius 2 is 1.29 bits per heavy atom. The second-order valence-corrected chi connectivity index (χ2v) is 4.52. The van der Waals surface area contributed by atoms with Gasteiger partial charge < -0.3 is 15.3 Å². The first-order valence-electron chi connectivity index (χ1n) is 6.88. The highest BCUT2D eigenvalue weighted by Gasteiger charge is 2.11. The minimum Gasteiger partial charge on any atom is -0.478 e. The third kappa shape index (κ3) is 6.25. The zero-order chi connectivity index (χ0) is 17.9. The van der Waals surface area contributed by atoms with Crippen LogP contribution in [0.5, 0.6) is 0 Å². The number of hydrogen-bond acceptors (Lipinski definition) is 4. The number of carboxylic acids is 2. The van der Waals surface area contributed by atoms with E-state index in [2.05, 4.69) is 0 Å². The van der Waals surface area contributed by atoms with Crippen molar-refractivity contribution in [1.82, 2.24) is 0 Å². The third-order valence-electron chi connectivity index (χ3n) is 2.84. The van der Waals surface area contributed by atoms with Gasteiger partial charge in [0.1, 0.15) is 0 Å². The molecule has 0 atom stereocenters. The molecule has 3 N–H and O–H groups in total. The quantitative estimate of drug-likeness (QED) is 0.572. The molecular weight excluding hydrogens is 312 g/mol. The van der Waals surface area contributed by atoms with E-state index in [1.54, 1.807) is 30.3 Å². The van der Waals surface area contributed by atoms with Crippen LogP contribution in [0.4, 0.5) is 0 Å². The summed E-state index contributed by atoms with van der Waals surface area (Å²) in [5.41, 5.74) is 1.87. The molecule has 6 heteroatoms. The van der Waals surface area contributed by atoms with Crippen molar-refractivity contribution in [2.45, 2.75) is 6.61 Å². The summed E-state index contributed by atoms with van der Waals surface area (Å²) in [6, 6.07) is 16.2. The van der Waals surface area contributed by atoms with Crippen LogP contribution < -0.4 is 0 Å². The van der Waals surface area contributed by atoms with Crippen LogP contribution in [-0.4, -0.2) is 33.0 Å². The van der Waals surface area contributed by atoms with Gasteiger partial charge in [0.05, 0.1) is 6.61 Å². The SMILES string of the molecule is O=C(O)/C=C\C(=O)O.O=C(c1ccccc1)c1ccccc1CO. The molecule has 0 bridgehead atoms. The summed E-state index contributed by atoms with van der Waals surface area (Å²) in [7, 11) is 0. The molecule has 0 fully saturated rings. The number of benzene rings is 2. The van der Waals surface area contributed by atoms with Crippen LogP contribution in [-0.2, 0) is 16.2 Å². The van der Waals surface area contributed by atoms with Gasteiger partial charge in [-0.3, -0.25) is 4.79 Å². The molecule has 0 unspecified atom stereocenters. The van der Waals surface area contributed by atoms with Crippen molar-refractivity contribution in [3.8, 4) is 0 Å². The van der Waals surface area contributed by atoms with Gasteiger partial charge in [0.2, 0.25) is 0 Å². The standard InChI is InChI=1S/C14H12O2.C4H4O4/c15-10-12-8-4-5-9-13(12)14(16)11-6-2-1-3-7-11;5-3(6)1-2-4(7)8/h1-9,15H,10H2;1-2H,(H,5,6)(H,7,8)/b;2-1-. The van der Waals surface area contributed by atoms with Crippen LogP contribution in [0, 0.1) is 0 Å². The normalized spacial score (nSPS) is 9.88. The molecule has 2 aromatic carbocycles. The number of rotatable bonds is 5. The van der Waals surface area contributed by atoms with Crippen LogP contribution in [0.15, 0.2) is 66.7 Å². The number of ketones is 1. The molecule has 0 aliphatic carbocycles. The maximum absolute atomic E-state index is 12.1. The Hall–Kier alpha value is -3.25. The molecule has 0 spiro atoms. The fraction of sp³-hybridized carbons (Fsp3) is 0.0556. The molecule has 24 heavy (non-hydrogen) atoms. The molecule has 0 saturated carbocycles. The highest BCUT2D eigenvalue weighted by atomic mass is 16.4. The second kappa shape index (κ2) is 9.70. The second-order valence-electron chi connectivity index (χ2n) is 4.52. The Morgan fingerprint density at radius 1 is 0.792 bits per heavy atom. The molecule has 0 aliphatic rings. The monoisotopic (exact) mass is 328 g/mol. The number of aliphatic carboxylic acids is 2. The van der Waals surface area contributed by atoms with Crippen LogP contribution in [0.1, 0.15) is 21.5 Å². The van der Waals surface area contributed by atoms with E-state index in [1.165, 1.54) is 0 Å². The van der Waals surface area contributed by atoms with E-state index in [9.17, 15) is 14.4 Å². The maximum Gasteiger partial charge on any atom is 0.328 e. The average Bonchev–Trinajstić information content (AvgIpc) is 2.60. The number of carbonyl (C=O) groups is 3. The molecule has 0 amide bonds. The van der Waals surface area contributed by atoms with Gasteiger partial charge in [0.25, 0.3) is 0 Å². The van der Waals surface area contributed by atoms with Gasteiger partial charge in [-0.15, -0.1) is 0 Å². The lowest BCUT2D eigenvalue weighted by atomic mass is 9.99. The van der Waals surface area contributed by atoms with Crippen LogP contribution in [0.25, 0.3) is 0 Å². The summed E-state index contributed by atoms with van der Waals surface area (Å²) in [6.45, 7) is -0.116. The highest BCUT2D eigenvalue weighted by Crippen LogP contribution is 2.14. The molecule has 2 rings (SSSR count). The van der Waals surface area contributed by atoms with Gasteiger partial charge in [-0.2, -0.15) is 0 Å². The summed E-state index contributed by atoms with van der Waals surface area (Å²) in [5, 5.41) is 24.8. The van der Waals surface area contributed by atoms with E-state index in [0.717, 1.165) is 0 Å². The van der Waals surface area contributed by atoms with Gasteiger partial charge in [0, 0.05) is 23.3 Å². The summed E-state index contributed by atoms with van der Waals surface area (Å²) < 4.78 is 0. The zero-order valence-electron chi connectivity index (χ0n) is 12.6. The summed E-state index contributed by atoms with van der Waals surface area (Å²) in [4.78, 5) is 31.2. The lowest BCUT2D eigenvalue weighted by Crippen LogP contribution is -2.05. The van der Waals surface area contributed by atoms with Crippen molar-refractivity contribution >= 4 is 17.7 Å². The molecule has 124 valence electrons. The van der Waals surface area contributed by atoms with E-state index in [4.69, 9.17) is 15.3 Å². The Labute approximate surface area is 138 Å². The Bertz CT molecular complexity index is 718. The lowest BCUT2D eigenvalue weighted by molar-refractivity contribution is -0.134. The van der Waals surface area contributed by atoms with Gasteiger partial charge in [-0.1, -0.05) is 54.6 Å². The minimum atomic E-state index is -1.26. The third-order valence-corrected chi connectivity index (χ3v) is 2.84. The van der Waals surface area contributed by atoms with E-state index in [1.807, 2.05) is 24.3 Å². The summed E-state index contributed by atoms with van der Waals surface area (Å²) in [6.07, 6.45) is 1.12. The molecule has 0 radical (unpaired) electrons. The smallest absolute Gasteiger partial charge is 0.328 e. The molecule has 0 aliphatic heterocycles. The number of aliphatic hydroxyl groups excluding tert-OH is 1. The zero-order valence-corrected chi connectivity index (χ0v) is 12.6. The summed E-state index contributed by atoms with van der Waals surface area (Å²) >= 11 is 0. The van der Waals surface area contributed by atoms with E-state index in [0.29, 0.717) is 28.8 Å². The lowest BCUT2D eigenvalue weighted by Gasteiger charge is -2.05. The molecule has 6 nitrogen and oxygen atoms in total. The van der Waals surface area contributed by atoms with Gasteiger partial charge in [0.15, 0.2) is 5.78 Å². The molecule has 0 aromatic heterocycles. The first-order valence-corrected chi connectivity index (χ1v) is 6.88. The minimum absolute atomic E-state index is 0.0507. The van der Waals surface area contributed by atoms with Crippen LogP contribution >= 0.6 is 0 Å². The molecular formula is C18H16O6. The Kier molecular flexibility index (Phi) is 7.60. The fourth-order valence-electron chi connectivity index (χ4n) is 1.77. The predicted octanol–water partition coefficient (Wildman–Crippen LogP) is 2.12. The molecule has 0 heterocycles. The van der Waals surface area contributed by atoms with Crippen molar-refractivity contribution in [2.75, 3.05) is 0 Å². The Balaban J connectivity index is 0.000000307. The van der Waals surface area contributed by atoms with Crippen molar-refractivity contribution in [2.24, 2.45) is 0 Å². The Morgan fingerprint density at radius 3 is 1.79 bits per heavy atom. The predicted molar refractivity (Wildman–Crippen MR) is 86.7 cm³/mol. The van der Waals surface area contributed by atoms with E-state index < -0.39 is 11.9 Å². The molecule has 0 saturated heterocycles. The first-order chi connectivity index (χ1) is 11.5. The van der Waals surface area contributed by atoms with Crippen LogP contribution in [0.3, 0.4) is 0 Å². The van der Waals surface area contributed by atoms with Gasteiger partial charge >= 0.3 is 11.9 Å².